The Kier molecular flexibility index (Phi) is 7.59. The van der Waals surface area contributed by atoms with E-state index in [0.29, 0.717) is 19.3 Å². The highest BCUT2D eigenvalue weighted by atomic mass is 35.5. The Morgan fingerprint density at radius 2 is 1.86 bits per heavy atom. The van der Waals surface area contributed by atoms with Gasteiger partial charge in [0.25, 0.3) is 0 Å². The van der Waals surface area contributed by atoms with E-state index in [0.717, 1.165) is 5.57 Å². The van der Waals surface area contributed by atoms with E-state index < -0.39 is 41.4 Å². The molecule has 0 radical (unpaired) electrons. The molecular weight excluding hydrogens is 492 g/mol. The van der Waals surface area contributed by atoms with Crippen molar-refractivity contribution in [2.45, 2.75) is 90.7 Å². The molecule has 0 amide bonds. The van der Waals surface area contributed by atoms with Crippen LogP contribution in [0.4, 0.5) is 0 Å². The number of aliphatic hydroxyl groups excluding tert-OH is 1. The molecule has 3 fully saturated rings. The molecule has 204 valence electrons. The zero-order chi connectivity index (χ0) is 27.3. The number of alkyl halides is 1. The second-order valence-corrected chi connectivity index (χ2v) is 12.4. The number of ether oxygens (including phenoxy) is 2. The van der Waals surface area contributed by atoms with Crippen molar-refractivity contribution in [3.05, 3.63) is 35.5 Å². The van der Waals surface area contributed by atoms with Gasteiger partial charge >= 0.3 is 11.9 Å². The predicted molar refractivity (Wildman–Crippen MR) is 142 cm³/mol. The lowest BCUT2D eigenvalue weighted by Gasteiger charge is -2.61. The predicted octanol–water partition coefficient (Wildman–Crippen LogP) is 5.32. The van der Waals surface area contributed by atoms with Crippen LogP contribution in [0.5, 0.6) is 0 Å². The number of carbonyl (C=O) groups is 3. The minimum absolute atomic E-state index is 0.0521. The molecule has 1 unspecified atom stereocenters. The second kappa shape index (κ2) is 10.00. The molecule has 4 aliphatic carbocycles. The number of halogens is 1. The van der Waals surface area contributed by atoms with Crippen LogP contribution in [0.2, 0.25) is 0 Å². The lowest BCUT2D eigenvalue weighted by atomic mass is 9.46. The number of allylic oxidation sites excluding steroid dienone is 6. The average molecular weight is 533 g/mol. The first kappa shape index (κ1) is 28.1. The van der Waals surface area contributed by atoms with Gasteiger partial charge in [-0.2, -0.15) is 0 Å². The van der Waals surface area contributed by atoms with Gasteiger partial charge in [0.2, 0.25) is 5.78 Å². The van der Waals surface area contributed by atoms with E-state index in [2.05, 4.69) is 31.2 Å². The van der Waals surface area contributed by atoms with Gasteiger partial charge in [0.05, 0.1) is 6.10 Å². The highest BCUT2D eigenvalue weighted by Crippen LogP contribution is 2.69. The summed E-state index contributed by atoms with van der Waals surface area (Å²) in [6, 6.07) is 0. The molecule has 0 bridgehead atoms. The fourth-order valence-electron chi connectivity index (χ4n) is 8.26. The van der Waals surface area contributed by atoms with Gasteiger partial charge in [0, 0.05) is 40.9 Å². The third-order valence-electron chi connectivity index (χ3n) is 10.0. The highest BCUT2D eigenvalue weighted by Gasteiger charge is 2.73. The summed E-state index contributed by atoms with van der Waals surface area (Å²) in [7, 11) is 0. The molecule has 9 atom stereocenters. The van der Waals surface area contributed by atoms with Crippen molar-refractivity contribution in [1.82, 2.24) is 0 Å². The summed E-state index contributed by atoms with van der Waals surface area (Å²) in [5, 5.41) is 11.6. The number of Topliss-reactive ketones (excluding diaryl/α,β-unsaturated/α-hetero) is 1. The van der Waals surface area contributed by atoms with Crippen molar-refractivity contribution in [2.24, 2.45) is 34.5 Å². The van der Waals surface area contributed by atoms with Crippen molar-refractivity contribution in [1.29, 1.82) is 0 Å². The minimum atomic E-state index is -1.50. The van der Waals surface area contributed by atoms with Gasteiger partial charge in [-0.1, -0.05) is 64.5 Å². The first-order valence-electron chi connectivity index (χ1n) is 13.7. The van der Waals surface area contributed by atoms with Crippen molar-refractivity contribution >= 4 is 29.3 Å². The maximum Gasteiger partial charge on any atom is 0.306 e. The Morgan fingerprint density at radius 3 is 2.49 bits per heavy atom. The molecular formula is C30H41ClO6. The number of rotatable bonds is 6. The van der Waals surface area contributed by atoms with Gasteiger partial charge in [-0.3, -0.25) is 14.4 Å². The maximum atomic E-state index is 13.9. The topological polar surface area (TPSA) is 89.9 Å². The third kappa shape index (κ3) is 4.14. The zero-order valence-electron chi connectivity index (χ0n) is 22.9. The molecule has 37 heavy (non-hydrogen) atoms. The number of fused-ring (bicyclic) bond motifs is 5. The van der Waals surface area contributed by atoms with E-state index in [1.165, 1.54) is 5.57 Å². The molecule has 0 aromatic carbocycles. The molecule has 0 aromatic rings. The van der Waals surface area contributed by atoms with Crippen molar-refractivity contribution in [2.75, 3.05) is 6.61 Å². The van der Waals surface area contributed by atoms with E-state index in [4.69, 9.17) is 21.1 Å². The quantitative estimate of drug-likeness (QED) is 0.368. The van der Waals surface area contributed by atoms with E-state index in [1.807, 2.05) is 20.8 Å². The van der Waals surface area contributed by atoms with Crippen LogP contribution in [-0.2, 0) is 23.9 Å². The largest absolute Gasteiger partial charge is 0.457 e. The molecule has 1 N–H and O–H groups in total. The standard InChI is InChI=1S/C30H41ClO6/c1-7-18-10-11-28(5)19(13-18)14-21(31)26-20-12-17(4)30(37-25(35)9-3,23(33)16-36-24(34)8-2)29(20,6)15-22(32)27(26)28/h7,10-11,13,17,20-22,26-27,32H,8-9,12,14-16H2,1-6H3/b18-7+/t17-,20+,21-,22+,26-,27+,28+,29+,30?/m1/s1. The fraction of sp³-hybridized carbons (Fsp3) is 0.700. The summed E-state index contributed by atoms with van der Waals surface area (Å²) in [6.45, 7) is 11.0. The summed E-state index contributed by atoms with van der Waals surface area (Å²) in [5.41, 5.74) is -0.343. The van der Waals surface area contributed by atoms with Gasteiger partial charge in [-0.25, -0.2) is 0 Å². The average Bonchev–Trinajstić information content (AvgIpc) is 3.08. The van der Waals surface area contributed by atoms with Crippen LogP contribution in [0.15, 0.2) is 35.5 Å². The summed E-state index contributed by atoms with van der Waals surface area (Å²) < 4.78 is 11.4. The lowest BCUT2D eigenvalue weighted by molar-refractivity contribution is -0.205. The van der Waals surface area contributed by atoms with E-state index in [1.54, 1.807) is 13.8 Å². The molecule has 4 aliphatic rings. The van der Waals surface area contributed by atoms with Gasteiger partial charge in [0.15, 0.2) is 12.2 Å². The molecule has 0 aliphatic heterocycles. The molecule has 0 aromatic heterocycles. The van der Waals surface area contributed by atoms with E-state index in [9.17, 15) is 19.5 Å². The fourth-order valence-corrected chi connectivity index (χ4v) is 8.76. The van der Waals surface area contributed by atoms with Crippen molar-refractivity contribution in [3.63, 3.8) is 0 Å². The minimum Gasteiger partial charge on any atom is -0.457 e. The monoisotopic (exact) mass is 532 g/mol. The Bertz CT molecular complexity index is 1060. The van der Waals surface area contributed by atoms with Crippen molar-refractivity contribution in [3.8, 4) is 0 Å². The summed E-state index contributed by atoms with van der Waals surface area (Å²) in [6.07, 6.45) is 9.73. The number of hydrogen-bond donors (Lipinski definition) is 1. The SMILES string of the molecule is C/C=C1\C=C[C@@]2(C)C(=C1)C[C@@H](Cl)[C@@H]1[C@@H]2[C@@H](O)C[C@@]2(C)[C@H]1C[C@@H](C)C2(OC(=O)CC)C(=O)COC(=O)CC. The Balaban J connectivity index is 1.79. The van der Waals surface area contributed by atoms with E-state index >= 15 is 0 Å². The Labute approximate surface area is 225 Å². The molecule has 0 spiro atoms. The van der Waals surface area contributed by atoms with Crippen LogP contribution < -0.4 is 0 Å². The lowest BCUT2D eigenvalue weighted by Crippen LogP contribution is -2.65. The van der Waals surface area contributed by atoms with Gasteiger partial charge in [-0.05, 0) is 43.6 Å². The first-order valence-corrected chi connectivity index (χ1v) is 14.1. The molecule has 0 heterocycles. The highest BCUT2D eigenvalue weighted by molar-refractivity contribution is 6.21. The smallest absolute Gasteiger partial charge is 0.306 e. The van der Waals surface area contributed by atoms with Gasteiger partial charge < -0.3 is 14.6 Å². The summed E-state index contributed by atoms with van der Waals surface area (Å²) >= 11 is 7.17. The van der Waals surface area contributed by atoms with Crippen molar-refractivity contribution < 1.29 is 29.0 Å². The van der Waals surface area contributed by atoms with Crippen LogP contribution in [0.25, 0.3) is 0 Å². The third-order valence-corrected chi connectivity index (χ3v) is 10.5. The Morgan fingerprint density at radius 1 is 1.19 bits per heavy atom. The summed E-state index contributed by atoms with van der Waals surface area (Å²) in [5.74, 6) is -1.94. The molecule has 4 rings (SSSR count). The number of aliphatic hydroxyl groups is 1. The van der Waals surface area contributed by atoms with E-state index in [-0.39, 0.29) is 47.3 Å². The van der Waals surface area contributed by atoms with Gasteiger partial charge in [0.1, 0.15) is 0 Å². The second-order valence-electron chi connectivity index (χ2n) is 11.8. The normalized spacial score (nSPS) is 43.4. The van der Waals surface area contributed by atoms with Crippen LogP contribution >= 0.6 is 11.6 Å². The zero-order valence-corrected chi connectivity index (χ0v) is 23.6. The molecule has 6 nitrogen and oxygen atoms in total. The number of esters is 2. The molecule has 0 saturated heterocycles. The first-order chi connectivity index (χ1) is 17.4. The Hall–Kier alpha value is -1.92. The summed E-state index contributed by atoms with van der Waals surface area (Å²) in [4.78, 5) is 38.6. The number of hydrogen-bond acceptors (Lipinski definition) is 6. The van der Waals surface area contributed by atoms with Crippen LogP contribution in [0.1, 0.15) is 73.6 Å². The van der Waals surface area contributed by atoms with Crippen LogP contribution in [-0.4, -0.2) is 46.5 Å². The number of carbonyl (C=O) groups excluding carboxylic acids is 3. The van der Waals surface area contributed by atoms with Crippen LogP contribution in [0.3, 0.4) is 0 Å². The van der Waals surface area contributed by atoms with Crippen LogP contribution in [0, 0.1) is 34.5 Å². The molecule has 7 heteroatoms. The van der Waals surface area contributed by atoms with Gasteiger partial charge in [-0.15, -0.1) is 11.6 Å². The number of ketones is 1. The maximum absolute atomic E-state index is 13.9. The molecule has 3 saturated carbocycles.